The van der Waals surface area contributed by atoms with Crippen molar-refractivity contribution in [3.05, 3.63) is 30.0 Å². The van der Waals surface area contributed by atoms with E-state index in [0.29, 0.717) is 13.1 Å². The van der Waals surface area contributed by atoms with Gasteiger partial charge >= 0.3 is 5.97 Å². The van der Waals surface area contributed by atoms with Crippen LogP contribution in [0.5, 0.6) is 0 Å². The van der Waals surface area contributed by atoms with E-state index in [-0.39, 0.29) is 11.8 Å². The maximum Gasteiger partial charge on any atom is 0.308 e. The van der Waals surface area contributed by atoms with Crippen molar-refractivity contribution in [3.8, 4) is 0 Å². The third-order valence-electron chi connectivity index (χ3n) is 3.95. The highest BCUT2D eigenvalue weighted by molar-refractivity contribution is 5.77. The Morgan fingerprint density at radius 2 is 1.90 bits per heavy atom. The maximum atomic E-state index is 11.2. The Morgan fingerprint density at radius 3 is 2.50 bits per heavy atom. The van der Waals surface area contributed by atoms with Crippen LogP contribution in [0.2, 0.25) is 0 Å². The lowest BCUT2D eigenvalue weighted by Gasteiger charge is -2.19. The van der Waals surface area contributed by atoms with Gasteiger partial charge in [-0.3, -0.25) is 4.79 Å². The zero-order valence-electron chi connectivity index (χ0n) is 11.6. The number of hydrogen-bond acceptors (Lipinski definition) is 4. The summed E-state index contributed by atoms with van der Waals surface area (Å²) in [7, 11) is 0. The molecule has 0 saturated carbocycles. The first-order valence-electron chi connectivity index (χ1n) is 6.77. The van der Waals surface area contributed by atoms with Crippen LogP contribution in [0.1, 0.15) is 12.6 Å². The quantitative estimate of drug-likeness (QED) is 0.906. The number of aliphatic carboxylic acids is 1. The number of benzene rings is 1. The third kappa shape index (κ3) is 2.09. The SMILES string of the molecule is Cc1nc2ccccc2nc1N1CC(C)C(C(=O)O)C1. The fourth-order valence-corrected chi connectivity index (χ4v) is 2.84. The Kier molecular flexibility index (Phi) is 3.04. The second kappa shape index (κ2) is 4.74. The molecule has 1 aromatic heterocycles. The molecule has 2 heterocycles. The van der Waals surface area contributed by atoms with Crippen LogP contribution in [0, 0.1) is 18.8 Å². The molecule has 5 heteroatoms. The molecule has 1 fully saturated rings. The van der Waals surface area contributed by atoms with Crippen LogP contribution in [0.4, 0.5) is 5.82 Å². The summed E-state index contributed by atoms with van der Waals surface area (Å²) in [4.78, 5) is 22.5. The van der Waals surface area contributed by atoms with Crippen molar-refractivity contribution in [3.63, 3.8) is 0 Å². The number of aromatic nitrogens is 2. The van der Waals surface area contributed by atoms with Gasteiger partial charge < -0.3 is 10.0 Å². The first-order chi connectivity index (χ1) is 9.56. The second-order valence-electron chi connectivity index (χ2n) is 5.45. The number of para-hydroxylation sites is 2. The van der Waals surface area contributed by atoms with E-state index >= 15 is 0 Å². The minimum Gasteiger partial charge on any atom is -0.481 e. The summed E-state index contributed by atoms with van der Waals surface area (Å²) in [5.74, 6) is -0.131. The van der Waals surface area contributed by atoms with Crippen LogP contribution in [-0.4, -0.2) is 34.1 Å². The van der Waals surface area contributed by atoms with Crippen LogP contribution in [-0.2, 0) is 4.79 Å². The van der Waals surface area contributed by atoms with Gasteiger partial charge in [-0.15, -0.1) is 0 Å². The van der Waals surface area contributed by atoms with E-state index in [2.05, 4.69) is 9.97 Å². The first-order valence-corrected chi connectivity index (χ1v) is 6.77. The van der Waals surface area contributed by atoms with Crippen molar-refractivity contribution in [2.24, 2.45) is 11.8 Å². The number of carboxylic acid groups (broad SMARTS) is 1. The molecule has 0 aliphatic carbocycles. The number of fused-ring (bicyclic) bond motifs is 1. The molecule has 104 valence electrons. The lowest BCUT2D eigenvalue weighted by Crippen LogP contribution is -2.24. The molecule has 1 N–H and O–H groups in total. The van der Waals surface area contributed by atoms with Gasteiger partial charge in [-0.05, 0) is 25.0 Å². The number of rotatable bonds is 2. The molecule has 5 nitrogen and oxygen atoms in total. The minimum atomic E-state index is -0.730. The monoisotopic (exact) mass is 271 g/mol. The van der Waals surface area contributed by atoms with E-state index in [1.165, 1.54) is 0 Å². The van der Waals surface area contributed by atoms with Crippen LogP contribution in [0.15, 0.2) is 24.3 Å². The summed E-state index contributed by atoms with van der Waals surface area (Å²) in [5, 5.41) is 9.23. The number of nitrogens with zero attached hydrogens (tertiary/aromatic N) is 3. The van der Waals surface area contributed by atoms with Gasteiger partial charge in [-0.1, -0.05) is 19.1 Å². The summed E-state index contributed by atoms with van der Waals surface area (Å²) in [6, 6.07) is 7.74. The summed E-state index contributed by atoms with van der Waals surface area (Å²) in [6.07, 6.45) is 0. The summed E-state index contributed by atoms with van der Waals surface area (Å²) in [6.45, 7) is 5.12. The van der Waals surface area contributed by atoms with Crippen molar-refractivity contribution in [1.82, 2.24) is 9.97 Å². The number of anilines is 1. The second-order valence-corrected chi connectivity index (χ2v) is 5.45. The van der Waals surface area contributed by atoms with E-state index in [0.717, 1.165) is 22.5 Å². The number of aryl methyl sites for hydroxylation is 1. The molecule has 1 aliphatic heterocycles. The van der Waals surface area contributed by atoms with Crippen LogP contribution in [0.3, 0.4) is 0 Å². The van der Waals surface area contributed by atoms with Crippen molar-refractivity contribution in [2.45, 2.75) is 13.8 Å². The fourth-order valence-electron chi connectivity index (χ4n) is 2.84. The average molecular weight is 271 g/mol. The Balaban J connectivity index is 1.98. The summed E-state index contributed by atoms with van der Waals surface area (Å²) >= 11 is 0. The zero-order chi connectivity index (χ0) is 14.3. The van der Waals surface area contributed by atoms with E-state index in [4.69, 9.17) is 0 Å². The van der Waals surface area contributed by atoms with Crippen molar-refractivity contribution < 1.29 is 9.90 Å². The first kappa shape index (κ1) is 12.8. The van der Waals surface area contributed by atoms with Crippen LogP contribution in [0.25, 0.3) is 11.0 Å². The molecule has 0 bridgehead atoms. The molecule has 2 aromatic rings. The highest BCUT2D eigenvalue weighted by Gasteiger charge is 2.36. The van der Waals surface area contributed by atoms with Crippen molar-refractivity contribution in [1.29, 1.82) is 0 Å². The van der Waals surface area contributed by atoms with Gasteiger partial charge in [0.15, 0.2) is 5.82 Å². The molecule has 2 atom stereocenters. The van der Waals surface area contributed by atoms with Gasteiger partial charge in [0, 0.05) is 13.1 Å². The minimum absolute atomic E-state index is 0.125. The zero-order valence-corrected chi connectivity index (χ0v) is 11.6. The predicted molar refractivity (Wildman–Crippen MR) is 76.8 cm³/mol. The molecule has 0 spiro atoms. The largest absolute Gasteiger partial charge is 0.481 e. The fraction of sp³-hybridized carbons (Fsp3) is 0.400. The van der Waals surface area contributed by atoms with Crippen LogP contribution >= 0.6 is 0 Å². The van der Waals surface area contributed by atoms with Gasteiger partial charge in [0.2, 0.25) is 0 Å². The molecule has 3 rings (SSSR count). The molecule has 1 saturated heterocycles. The maximum absolute atomic E-state index is 11.2. The Bertz CT molecular complexity index is 671. The van der Waals surface area contributed by atoms with Gasteiger partial charge in [0.1, 0.15) is 0 Å². The Hall–Kier alpha value is -2.17. The molecule has 1 aliphatic rings. The van der Waals surface area contributed by atoms with E-state index in [1.54, 1.807) is 0 Å². The molecule has 20 heavy (non-hydrogen) atoms. The van der Waals surface area contributed by atoms with Crippen molar-refractivity contribution in [2.75, 3.05) is 18.0 Å². The number of carbonyl (C=O) groups is 1. The smallest absolute Gasteiger partial charge is 0.308 e. The number of hydrogen-bond donors (Lipinski definition) is 1. The average Bonchev–Trinajstić information content (AvgIpc) is 2.80. The normalized spacial score (nSPS) is 22.4. The summed E-state index contributed by atoms with van der Waals surface area (Å²) < 4.78 is 0. The lowest BCUT2D eigenvalue weighted by molar-refractivity contribution is -0.142. The Morgan fingerprint density at radius 1 is 1.25 bits per heavy atom. The topological polar surface area (TPSA) is 66.3 Å². The molecular formula is C15H17N3O2. The molecule has 0 radical (unpaired) electrons. The third-order valence-corrected chi connectivity index (χ3v) is 3.95. The van der Waals surface area contributed by atoms with Crippen LogP contribution < -0.4 is 4.90 Å². The van der Waals surface area contributed by atoms with Gasteiger partial charge in [0.25, 0.3) is 0 Å². The molecular weight excluding hydrogens is 254 g/mol. The Labute approximate surface area is 117 Å². The number of carboxylic acids is 1. The highest BCUT2D eigenvalue weighted by Crippen LogP contribution is 2.29. The predicted octanol–water partition coefficient (Wildman–Crippen LogP) is 2.10. The molecule has 1 aromatic carbocycles. The summed E-state index contributed by atoms with van der Waals surface area (Å²) in [5.41, 5.74) is 2.57. The highest BCUT2D eigenvalue weighted by atomic mass is 16.4. The van der Waals surface area contributed by atoms with Gasteiger partial charge in [0.05, 0.1) is 22.6 Å². The van der Waals surface area contributed by atoms with E-state index < -0.39 is 5.97 Å². The standard InChI is InChI=1S/C15H17N3O2/c1-9-7-18(8-11(9)15(19)20)14-10(2)16-12-5-3-4-6-13(12)17-14/h3-6,9,11H,7-8H2,1-2H3,(H,19,20). The van der Waals surface area contributed by atoms with E-state index in [9.17, 15) is 9.90 Å². The van der Waals surface area contributed by atoms with Crippen molar-refractivity contribution >= 4 is 22.8 Å². The lowest BCUT2D eigenvalue weighted by atomic mass is 9.99. The van der Waals surface area contributed by atoms with Gasteiger partial charge in [-0.2, -0.15) is 0 Å². The van der Waals surface area contributed by atoms with E-state index in [1.807, 2.05) is 43.0 Å². The van der Waals surface area contributed by atoms with Gasteiger partial charge in [-0.25, -0.2) is 9.97 Å². The molecule has 2 unspecified atom stereocenters. The molecule has 0 amide bonds.